The summed E-state index contributed by atoms with van der Waals surface area (Å²) in [5.74, 6) is -0.191. The number of hydrogen-bond acceptors (Lipinski definition) is 3. The molecule has 1 aliphatic rings. The van der Waals surface area contributed by atoms with Crippen LogP contribution in [0.3, 0.4) is 0 Å². The zero-order valence-corrected chi connectivity index (χ0v) is 9.35. The number of carbonyl (C=O) groups is 1. The van der Waals surface area contributed by atoms with E-state index < -0.39 is 5.97 Å². The highest BCUT2D eigenvalue weighted by Crippen LogP contribution is 2.28. The van der Waals surface area contributed by atoms with Gasteiger partial charge in [-0.05, 0) is 19.4 Å². The van der Waals surface area contributed by atoms with Crippen LogP contribution in [0, 0.1) is 5.92 Å². The fourth-order valence-corrected chi connectivity index (χ4v) is 2.36. The van der Waals surface area contributed by atoms with E-state index in [1.807, 2.05) is 0 Å². The van der Waals surface area contributed by atoms with Crippen molar-refractivity contribution in [2.24, 2.45) is 5.92 Å². The summed E-state index contributed by atoms with van der Waals surface area (Å²) in [7, 11) is 1.73. The molecule has 0 aromatic carbocycles. The first-order chi connectivity index (χ1) is 7.08. The van der Waals surface area contributed by atoms with Gasteiger partial charge in [0.1, 0.15) is 0 Å². The maximum Gasteiger partial charge on any atom is 0.317 e. The first-order valence-corrected chi connectivity index (χ1v) is 5.66. The largest absolute Gasteiger partial charge is 0.480 e. The van der Waals surface area contributed by atoms with E-state index in [1.165, 1.54) is 25.7 Å². The van der Waals surface area contributed by atoms with E-state index in [4.69, 9.17) is 5.11 Å². The fourth-order valence-electron chi connectivity index (χ4n) is 2.36. The Hall–Kier alpha value is -0.610. The Labute approximate surface area is 90.9 Å². The van der Waals surface area contributed by atoms with E-state index in [0.717, 1.165) is 6.42 Å². The second-order valence-corrected chi connectivity index (χ2v) is 4.63. The molecule has 1 unspecified atom stereocenters. The molecule has 15 heavy (non-hydrogen) atoms. The van der Waals surface area contributed by atoms with Crippen molar-refractivity contribution in [3.05, 3.63) is 0 Å². The van der Waals surface area contributed by atoms with Crippen LogP contribution in [-0.4, -0.2) is 47.3 Å². The summed E-state index contributed by atoms with van der Waals surface area (Å²) in [6, 6.07) is 0. The van der Waals surface area contributed by atoms with Crippen molar-refractivity contribution in [2.75, 3.05) is 20.1 Å². The number of rotatable bonds is 6. The van der Waals surface area contributed by atoms with Gasteiger partial charge in [-0.15, -0.1) is 0 Å². The van der Waals surface area contributed by atoms with Gasteiger partial charge in [-0.2, -0.15) is 0 Å². The summed E-state index contributed by atoms with van der Waals surface area (Å²) in [5, 5.41) is 18.3. The minimum absolute atomic E-state index is 0.00171. The Kier molecular flexibility index (Phi) is 5.05. The molecule has 2 N–H and O–H groups in total. The van der Waals surface area contributed by atoms with Gasteiger partial charge >= 0.3 is 5.97 Å². The molecule has 4 nitrogen and oxygen atoms in total. The Balaban J connectivity index is 2.16. The van der Waals surface area contributed by atoms with Gasteiger partial charge in [-0.25, -0.2) is 0 Å². The standard InChI is InChI=1S/C11H21NO3/c1-12(8-11(14)15)7-10(13)6-9-4-2-3-5-9/h9-10,13H,2-8H2,1H3,(H,14,15). The number of hydrogen-bond donors (Lipinski definition) is 2. The lowest BCUT2D eigenvalue weighted by molar-refractivity contribution is -0.138. The smallest absolute Gasteiger partial charge is 0.317 e. The van der Waals surface area contributed by atoms with Crippen LogP contribution in [-0.2, 0) is 4.79 Å². The lowest BCUT2D eigenvalue weighted by atomic mass is 10.00. The van der Waals surface area contributed by atoms with E-state index in [-0.39, 0.29) is 12.6 Å². The molecule has 88 valence electrons. The topological polar surface area (TPSA) is 60.8 Å². The summed E-state index contributed by atoms with van der Waals surface area (Å²) in [6.07, 6.45) is 5.45. The van der Waals surface area contributed by atoms with Crippen LogP contribution in [0.1, 0.15) is 32.1 Å². The second kappa shape index (κ2) is 6.08. The van der Waals surface area contributed by atoms with Crippen LogP contribution in [0.2, 0.25) is 0 Å². The molecule has 0 saturated heterocycles. The van der Waals surface area contributed by atoms with Crippen molar-refractivity contribution < 1.29 is 15.0 Å². The molecule has 0 spiro atoms. The lowest BCUT2D eigenvalue weighted by Crippen LogP contribution is -2.34. The fraction of sp³-hybridized carbons (Fsp3) is 0.909. The zero-order valence-electron chi connectivity index (χ0n) is 9.35. The van der Waals surface area contributed by atoms with Gasteiger partial charge in [0, 0.05) is 6.54 Å². The highest BCUT2D eigenvalue weighted by Gasteiger charge is 2.19. The van der Waals surface area contributed by atoms with Crippen molar-refractivity contribution in [2.45, 2.75) is 38.2 Å². The minimum atomic E-state index is -0.842. The Morgan fingerprint density at radius 3 is 2.60 bits per heavy atom. The molecular formula is C11H21NO3. The van der Waals surface area contributed by atoms with Gasteiger partial charge in [0.2, 0.25) is 0 Å². The molecule has 0 amide bonds. The molecule has 0 bridgehead atoms. The van der Waals surface area contributed by atoms with Crippen LogP contribution in [0.15, 0.2) is 0 Å². The number of likely N-dealkylation sites (N-methyl/N-ethyl adjacent to an activating group) is 1. The van der Waals surface area contributed by atoms with Crippen LogP contribution < -0.4 is 0 Å². The van der Waals surface area contributed by atoms with Crippen molar-refractivity contribution in [1.82, 2.24) is 4.90 Å². The minimum Gasteiger partial charge on any atom is -0.480 e. The molecule has 4 heteroatoms. The van der Waals surface area contributed by atoms with Crippen LogP contribution in [0.4, 0.5) is 0 Å². The van der Waals surface area contributed by atoms with Gasteiger partial charge in [-0.3, -0.25) is 9.69 Å². The Morgan fingerprint density at radius 1 is 1.47 bits per heavy atom. The predicted molar refractivity (Wildman–Crippen MR) is 57.7 cm³/mol. The molecule has 1 aliphatic carbocycles. The molecule has 0 aliphatic heterocycles. The highest BCUT2D eigenvalue weighted by molar-refractivity contribution is 5.68. The van der Waals surface area contributed by atoms with E-state index in [0.29, 0.717) is 12.5 Å². The second-order valence-electron chi connectivity index (χ2n) is 4.63. The number of carboxylic acid groups (broad SMARTS) is 1. The zero-order chi connectivity index (χ0) is 11.3. The average molecular weight is 215 g/mol. The van der Waals surface area contributed by atoms with E-state index >= 15 is 0 Å². The van der Waals surface area contributed by atoms with Crippen LogP contribution >= 0.6 is 0 Å². The molecule has 0 radical (unpaired) electrons. The Morgan fingerprint density at radius 2 is 2.07 bits per heavy atom. The van der Waals surface area contributed by atoms with E-state index in [1.54, 1.807) is 11.9 Å². The van der Waals surface area contributed by atoms with Crippen molar-refractivity contribution >= 4 is 5.97 Å². The maximum absolute atomic E-state index is 10.4. The first-order valence-electron chi connectivity index (χ1n) is 5.66. The van der Waals surface area contributed by atoms with Gasteiger partial charge in [0.15, 0.2) is 0 Å². The van der Waals surface area contributed by atoms with Crippen molar-refractivity contribution in [3.8, 4) is 0 Å². The lowest BCUT2D eigenvalue weighted by Gasteiger charge is -2.20. The van der Waals surface area contributed by atoms with Gasteiger partial charge in [0.05, 0.1) is 12.6 Å². The number of aliphatic hydroxyl groups excluding tert-OH is 1. The van der Waals surface area contributed by atoms with Crippen molar-refractivity contribution in [3.63, 3.8) is 0 Å². The Bertz CT molecular complexity index is 202. The summed E-state index contributed by atoms with van der Waals surface area (Å²) >= 11 is 0. The first kappa shape index (κ1) is 12.5. The number of aliphatic carboxylic acids is 1. The third-order valence-electron chi connectivity index (χ3n) is 3.01. The van der Waals surface area contributed by atoms with Crippen LogP contribution in [0.5, 0.6) is 0 Å². The highest BCUT2D eigenvalue weighted by atomic mass is 16.4. The molecule has 1 fully saturated rings. The molecule has 0 aromatic rings. The average Bonchev–Trinajstić information content (AvgIpc) is 2.53. The normalized spacial score (nSPS) is 19.7. The SMILES string of the molecule is CN(CC(=O)O)CC(O)CC1CCCC1. The molecule has 1 saturated carbocycles. The molecule has 0 aromatic heterocycles. The quantitative estimate of drug-likeness (QED) is 0.692. The molecule has 0 heterocycles. The molecule has 1 rings (SSSR count). The van der Waals surface area contributed by atoms with Gasteiger partial charge < -0.3 is 10.2 Å². The van der Waals surface area contributed by atoms with E-state index in [9.17, 15) is 9.90 Å². The summed E-state index contributed by atoms with van der Waals surface area (Å²) in [4.78, 5) is 12.1. The van der Waals surface area contributed by atoms with E-state index in [2.05, 4.69) is 0 Å². The summed E-state index contributed by atoms with van der Waals surface area (Å²) in [5.41, 5.74) is 0. The summed E-state index contributed by atoms with van der Waals surface area (Å²) < 4.78 is 0. The molecule has 1 atom stereocenters. The monoisotopic (exact) mass is 215 g/mol. The van der Waals surface area contributed by atoms with Crippen LogP contribution in [0.25, 0.3) is 0 Å². The third kappa shape index (κ3) is 5.14. The molecular weight excluding hydrogens is 194 g/mol. The number of aliphatic hydroxyl groups is 1. The predicted octanol–water partition coefficient (Wildman–Crippen LogP) is 0.944. The van der Waals surface area contributed by atoms with Gasteiger partial charge in [-0.1, -0.05) is 25.7 Å². The third-order valence-corrected chi connectivity index (χ3v) is 3.01. The summed E-state index contributed by atoms with van der Waals surface area (Å²) in [6.45, 7) is 0.463. The number of nitrogens with zero attached hydrogens (tertiary/aromatic N) is 1. The van der Waals surface area contributed by atoms with Crippen molar-refractivity contribution in [1.29, 1.82) is 0 Å². The van der Waals surface area contributed by atoms with Gasteiger partial charge in [0.25, 0.3) is 0 Å². The number of carboxylic acids is 1. The maximum atomic E-state index is 10.4.